The summed E-state index contributed by atoms with van der Waals surface area (Å²) in [6, 6.07) is 4.06. The molecule has 1 heterocycles. The molecular formula is C12H9F3O3. The van der Waals surface area contributed by atoms with E-state index in [-0.39, 0.29) is 18.6 Å². The Balaban J connectivity index is 2.42. The molecule has 0 aromatic heterocycles. The maximum absolute atomic E-state index is 12.3. The molecule has 0 amide bonds. The third kappa shape index (κ3) is 2.24. The van der Waals surface area contributed by atoms with Gasteiger partial charge >= 0.3 is 6.18 Å². The van der Waals surface area contributed by atoms with Gasteiger partial charge in [-0.1, -0.05) is 6.07 Å². The van der Waals surface area contributed by atoms with E-state index in [0.29, 0.717) is 11.3 Å². The number of fused-ring (bicyclic) bond motifs is 1. The van der Waals surface area contributed by atoms with Crippen molar-refractivity contribution >= 4 is 5.78 Å². The average molecular weight is 258 g/mol. The van der Waals surface area contributed by atoms with Crippen LogP contribution in [-0.4, -0.2) is 23.7 Å². The molecule has 1 aliphatic carbocycles. The second-order valence-electron chi connectivity index (χ2n) is 3.76. The number of aliphatic hydroxyl groups is 1. The molecule has 0 saturated carbocycles. The lowest BCUT2D eigenvalue weighted by atomic mass is 10.1. The summed E-state index contributed by atoms with van der Waals surface area (Å²) in [5.41, 5.74) is 0.188. The van der Waals surface area contributed by atoms with Crippen LogP contribution in [0.3, 0.4) is 0 Å². The van der Waals surface area contributed by atoms with E-state index in [9.17, 15) is 18.0 Å². The molecule has 1 aliphatic heterocycles. The second kappa shape index (κ2) is 4.45. The summed E-state index contributed by atoms with van der Waals surface area (Å²) < 4.78 is 42.0. The fourth-order valence-electron chi connectivity index (χ4n) is 1.70. The maximum Gasteiger partial charge on any atom is 0.454 e. The molecule has 0 radical (unpaired) electrons. The van der Waals surface area contributed by atoms with Gasteiger partial charge in [-0.25, -0.2) is 0 Å². The van der Waals surface area contributed by atoms with Crippen LogP contribution >= 0.6 is 0 Å². The van der Waals surface area contributed by atoms with Gasteiger partial charge in [-0.15, -0.1) is 0 Å². The molecule has 0 fully saturated rings. The molecule has 0 spiro atoms. The first-order valence-corrected chi connectivity index (χ1v) is 5.16. The van der Waals surface area contributed by atoms with Gasteiger partial charge in [0.25, 0.3) is 5.78 Å². The zero-order chi connectivity index (χ0) is 13.3. The van der Waals surface area contributed by atoms with Gasteiger partial charge in [0.15, 0.2) is 0 Å². The maximum atomic E-state index is 12.3. The number of rotatable bonds is 3. The van der Waals surface area contributed by atoms with Gasteiger partial charge in [0.1, 0.15) is 5.76 Å². The van der Waals surface area contributed by atoms with Crippen LogP contribution < -0.4 is 0 Å². The molecule has 0 atom stereocenters. The lowest BCUT2D eigenvalue weighted by molar-refractivity contribution is -0.0884. The van der Waals surface area contributed by atoms with Crippen LogP contribution in [0.2, 0.25) is 0 Å². The zero-order valence-corrected chi connectivity index (χ0v) is 9.12. The fourth-order valence-corrected chi connectivity index (χ4v) is 1.70. The van der Waals surface area contributed by atoms with Crippen LogP contribution in [0, 0.1) is 0 Å². The van der Waals surface area contributed by atoms with Crippen molar-refractivity contribution in [3.8, 4) is 11.1 Å². The van der Waals surface area contributed by atoms with Crippen molar-refractivity contribution in [2.24, 2.45) is 0 Å². The van der Waals surface area contributed by atoms with Gasteiger partial charge in [0.2, 0.25) is 0 Å². The molecule has 0 saturated heterocycles. The molecule has 18 heavy (non-hydrogen) atoms. The van der Waals surface area contributed by atoms with Crippen molar-refractivity contribution in [2.75, 3.05) is 6.61 Å². The van der Waals surface area contributed by atoms with Crippen LogP contribution in [0.4, 0.5) is 13.2 Å². The second-order valence-corrected chi connectivity index (χ2v) is 3.76. The highest BCUT2D eigenvalue weighted by molar-refractivity contribution is 6.06. The van der Waals surface area contributed by atoms with Crippen LogP contribution in [0.15, 0.2) is 28.9 Å². The number of aliphatic hydroxyl groups excluding tert-OH is 1. The summed E-state index contributed by atoms with van der Waals surface area (Å²) in [4.78, 5) is 11.1. The first-order valence-electron chi connectivity index (χ1n) is 5.16. The zero-order valence-electron chi connectivity index (χ0n) is 9.12. The van der Waals surface area contributed by atoms with Crippen molar-refractivity contribution in [3.63, 3.8) is 0 Å². The number of carbonyl (C=O) groups excluding carboxylic acids is 1. The van der Waals surface area contributed by atoms with E-state index in [1.165, 1.54) is 12.1 Å². The van der Waals surface area contributed by atoms with Gasteiger partial charge in [0, 0.05) is 17.5 Å². The molecule has 3 nitrogen and oxygen atoms in total. The summed E-state index contributed by atoms with van der Waals surface area (Å²) in [5, 5.41) is 8.73. The van der Waals surface area contributed by atoms with Crippen molar-refractivity contribution in [1.29, 1.82) is 0 Å². The van der Waals surface area contributed by atoms with E-state index in [0.717, 1.165) is 12.3 Å². The van der Waals surface area contributed by atoms with Gasteiger partial charge in [-0.05, 0) is 17.7 Å². The molecule has 0 aromatic rings. The number of halogens is 3. The molecular weight excluding hydrogens is 249 g/mol. The van der Waals surface area contributed by atoms with E-state index in [1.807, 2.05) is 0 Å². The topological polar surface area (TPSA) is 50.4 Å². The monoisotopic (exact) mass is 258 g/mol. The summed E-state index contributed by atoms with van der Waals surface area (Å²) in [6.45, 7) is -0.121. The molecule has 6 heteroatoms. The van der Waals surface area contributed by atoms with Crippen molar-refractivity contribution in [1.82, 2.24) is 0 Å². The van der Waals surface area contributed by atoms with E-state index in [4.69, 9.17) is 9.52 Å². The number of ketones is 1. The Labute approximate surface area is 100 Å². The summed E-state index contributed by atoms with van der Waals surface area (Å²) in [5.74, 6) is -1.44. The Hall–Kier alpha value is -1.82. The molecule has 0 unspecified atom stereocenters. The van der Waals surface area contributed by atoms with Crippen molar-refractivity contribution < 1.29 is 27.5 Å². The Bertz CT molecular complexity index is 542. The SMILES string of the molecule is O=C(c1ccc2cc(CCO)occ1-2)C(F)(F)F. The number of Topliss-reactive ketones (excluding diaryl/α,β-unsaturated/α-hetero) is 1. The Kier molecular flexibility index (Phi) is 3.13. The minimum absolute atomic E-state index is 0.121. The number of hydrogen-bond acceptors (Lipinski definition) is 3. The highest BCUT2D eigenvalue weighted by Crippen LogP contribution is 2.33. The first kappa shape index (κ1) is 12.6. The largest absolute Gasteiger partial charge is 0.469 e. The van der Waals surface area contributed by atoms with Crippen LogP contribution in [0.1, 0.15) is 16.1 Å². The lowest BCUT2D eigenvalue weighted by Crippen LogP contribution is -2.22. The van der Waals surface area contributed by atoms with Crippen LogP contribution in [0.25, 0.3) is 11.1 Å². The molecule has 0 bridgehead atoms. The molecule has 1 N–H and O–H groups in total. The Morgan fingerprint density at radius 2 is 2.06 bits per heavy atom. The van der Waals surface area contributed by atoms with Gasteiger partial charge in [-0.2, -0.15) is 13.2 Å². The van der Waals surface area contributed by atoms with E-state index in [2.05, 4.69) is 0 Å². The third-order valence-electron chi connectivity index (χ3n) is 2.54. The third-order valence-corrected chi connectivity index (χ3v) is 2.54. The predicted octanol–water partition coefficient (Wildman–Crippen LogP) is 2.66. The molecule has 0 aromatic carbocycles. The Morgan fingerprint density at radius 1 is 1.33 bits per heavy atom. The first-order chi connectivity index (χ1) is 8.43. The number of hydrogen-bond donors (Lipinski definition) is 1. The standard InChI is InChI=1S/C12H9F3O3/c13-12(14,15)11(17)9-2-1-7-5-8(3-4-16)18-6-10(7)9/h1-2,5-6,16H,3-4H2. The summed E-state index contributed by atoms with van der Waals surface area (Å²) >= 11 is 0. The highest BCUT2D eigenvalue weighted by atomic mass is 19.4. The van der Waals surface area contributed by atoms with E-state index < -0.39 is 17.5 Å². The number of carbonyl (C=O) groups is 1. The van der Waals surface area contributed by atoms with Crippen molar-refractivity contribution in [3.05, 3.63) is 35.8 Å². The predicted molar refractivity (Wildman–Crippen MR) is 56.5 cm³/mol. The van der Waals surface area contributed by atoms with Crippen LogP contribution in [0.5, 0.6) is 0 Å². The molecule has 2 rings (SSSR count). The Morgan fingerprint density at radius 3 is 2.67 bits per heavy atom. The van der Waals surface area contributed by atoms with Gasteiger partial charge in [0.05, 0.1) is 12.9 Å². The lowest BCUT2D eigenvalue weighted by Gasteiger charge is -2.07. The minimum atomic E-state index is -4.90. The van der Waals surface area contributed by atoms with E-state index in [1.54, 1.807) is 0 Å². The fraction of sp³-hybridized carbons (Fsp3) is 0.250. The summed E-state index contributed by atoms with van der Waals surface area (Å²) in [7, 11) is 0. The van der Waals surface area contributed by atoms with Crippen molar-refractivity contribution in [2.45, 2.75) is 12.6 Å². The molecule has 96 valence electrons. The normalized spacial score (nSPS) is 12.0. The smallest absolute Gasteiger partial charge is 0.454 e. The van der Waals surface area contributed by atoms with Gasteiger partial charge in [-0.3, -0.25) is 4.79 Å². The average Bonchev–Trinajstić information content (AvgIpc) is 2.70. The van der Waals surface area contributed by atoms with Crippen LogP contribution in [-0.2, 0) is 6.42 Å². The minimum Gasteiger partial charge on any atom is -0.469 e. The summed E-state index contributed by atoms with van der Waals surface area (Å²) in [6.07, 6.45) is -3.52. The highest BCUT2D eigenvalue weighted by Gasteiger charge is 2.41. The van der Waals surface area contributed by atoms with E-state index >= 15 is 0 Å². The number of alkyl halides is 3. The molecule has 2 aliphatic rings. The quantitative estimate of drug-likeness (QED) is 0.861. The van der Waals surface area contributed by atoms with Gasteiger partial charge < -0.3 is 9.52 Å².